The number of hydrogen-bond donors (Lipinski definition) is 3. The zero-order chi connectivity index (χ0) is 17.7. The van der Waals surface area contributed by atoms with E-state index in [1.54, 1.807) is 7.05 Å². The topological polar surface area (TPSA) is 64.6 Å². The average Bonchev–Trinajstić information content (AvgIpc) is 2.65. The molecule has 0 unspecified atom stereocenters. The summed E-state index contributed by atoms with van der Waals surface area (Å²) in [6, 6.07) is 17.6. The van der Waals surface area contributed by atoms with Crippen LogP contribution < -0.4 is 10.6 Å². The van der Waals surface area contributed by atoms with Gasteiger partial charge >= 0.3 is 6.03 Å². The number of likely N-dealkylation sites (tertiary alicyclic amines) is 1. The first-order valence-electron chi connectivity index (χ1n) is 8.68. The van der Waals surface area contributed by atoms with Gasteiger partial charge in [0.1, 0.15) is 0 Å². The summed E-state index contributed by atoms with van der Waals surface area (Å²) in [5, 5.41) is 16.6. The van der Waals surface area contributed by atoms with Crippen LogP contribution in [-0.4, -0.2) is 36.2 Å². The van der Waals surface area contributed by atoms with Gasteiger partial charge in [-0.15, -0.1) is 0 Å². The highest BCUT2D eigenvalue weighted by molar-refractivity contribution is 5.90. The van der Waals surface area contributed by atoms with Crippen molar-refractivity contribution in [3.05, 3.63) is 65.7 Å². The Kier molecular flexibility index (Phi) is 5.36. The number of urea groups is 1. The van der Waals surface area contributed by atoms with E-state index >= 15 is 0 Å². The summed E-state index contributed by atoms with van der Waals surface area (Å²) in [7, 11) is 1.58. The van der Waals surface area contributed by atoms with Crippen molar-refractivity contribution in [1.82, 2.24) is 10.2 Å². The zero-order valence-corrected chi connectivity index (χ0v) is 14.5. The van der Waals surface area contributed by atoms with Crippen LogP contribution in [0.15, 0.2) is 54.6 Å². The van der Waals surface area contributed by atoms with Gasteiger partial charge in [-0.1, -0.05) is 48.5 Å². The molecule has 132 valence electrons. The van der Waals surface area contributed by atoms with Crippen molar-refractivity contribution in [2.45, 2.75) is 25.0 Å². The van der Waals surface area contributed by atoms with Gasteiger partial charge in [0.2, 0.25) is 0 Å². The lowest BCUT2D eigenvalue weighted by molar-refractivity contribution is -0.0271. The average molecular weight is 339 g/mol. The van der Waals surface area contributed by atoms with Crippen molar-refractivity contribution < 1.29 is 9.90 Å². The van der Waals surface area contributed by atoms with Crippen molar-refractivity contribution in [2.24, 2.45) is 0 Å². The number of anilines is 1. The number of piperidine rings is 1. The fourth-order valence-electron chi connectivity index (χ4n) is 3.37. The molecule has 1 aliphatic rings. The van der Waals surface area contributed by atoms with Crippen molar-refractivity contribution in [1.29, 1.82) is 0 Å². The van der Waals surface area contributed by atoms with Gasteiger partial charge in [-0.2, -0.15) is 0 Å². The van der Waals surface area contributed by atoms with Gasteiger partial charge in [0.25, 0.3) is 0 Å². The molecule has 3 rings (SSSR count). The monoisotopic (exact) mass is 339 g/mol. The van der Waals surface area contributed by atoms with Crippen LogP contribution >= 0.6 is 0 Å². The maximum absolute atomic E-state index is 11.7. The van der Waals surface area contributed by atoms with E-state index in [2.05, 4.69) is 39.8 Å². The first-order valence-corrected chi connectivity index (χ1v) is 8.68. The summed E-state index contributed by atoms with van der Waals surface area (Å²) >= 11 is 0. The predicted molar refractivity (Wildman–Crippen MR) is 99.4 cm³/mol. The first-order chi connectivity index (χ1) is 12.1. The summed E-state index contributed by atoms with van der Waals surface area (Å²) in [4.78, 5) is 14.0. The summed E-state index contributed by atoms with van der Waals surface area (Å²) in [6.45, 7) is 2.54. The van der Waals surface area contributed by atoms with E-state index in [-0.39, 0.29) is 6.03 Å². The molecule has 0 atom stereocenters. The SMILES string of the molecule is CNC(=O)Nc1ccccc1C1(O)CCN(Cc2ccccc2)CC1. The minimum atomic E-state index is -0.912. The molecule has 3 N–H and O–H groups in total. The van der Waals surface area contributed by atoms with Gasteiger partial charge in [-0.05, 0) is 24.5 Å². The number of nitrogens with one attached hydrogen (secondary N) is 2. The van der Waals surface area contributed by atoms with Crippen LogP contribution in [0, 0.1) is 0 Å². The molecule has 0 radical (unpaired) electrons. The number of para-hydroxylation sites is 1. The number of amides is 2. The van der Waals surface area contributed by atoms with Crippen LogP contribution in [0.2, 0.25) is 0 Å². The Morgan fingerprint density at radius 3 is 2.40 bits per heavy atom. The van der Waals surface area contributed by atoms with E-state index in [0.717, 1.165) is 25.2 Å². The summed E-state index contributed by atoms with van der Waals surface area (Å²) in [5.74, 6) is 0. The highest BCUT2D eigenvalue weighted by Crippen LogP contribution is 2.37. The van der Waals surface area contributed by atoms with E-state index in [1.807, 2.05) is 30.3 Å². The lowest BCUT2D eigenvalue weighted by Crippen LogP contribution is -2.42. The number of rotatable bonds is 4. The van der Waals surface area contributed by atoms with E-state index in [9.17, 15) is 9.90 Å². The normalized spacial score (nSPS) is 17.0. The highest BCUT2D eigenvalue weighted by Gasteiger charge is 2.35. The van der Waals surface area contributed by atoms with Crippen LogP contribution in [0.5, 0.6) is 0 Å². The van der Waals surface area contributed by atoms with Gasteiger partial charge < -0.3 is 15.7 Å². The van der Waals surface area contributed by atoms with E-state index in [4.69, 9.17) is 0 Å². The van der Waals surface area contributed by atoms with Crippen LogP contribution in [0.1, 0.15) is 24.0 Å². The van der Waals surface area contributed by atoms with Crippen LogP contribution in [0.25, 0.3) is 0 Å². The second-order valence-corrected chi connectivity index (χ2v) is 6.54. The van der Waals surface area contributed by atoms with Crippen molar-refractivity contribution in [3.63, 3.8) is 0 Å². The maximum atomic E-state index is 11.7. The fourth-order valence-corrected chi connectivity index (χ4v) is 3.37. The molecule has 1 aliphatic heterocycles. The quantitative estimate of drug-likeness (QED) is 0.802. The third kappa shape index (κ3) is 4.18. The van der Waals surface area contributed by atoms with Gasteiger partial charge in [0, 0.05) is 37.9 Å². The summed E-state index contributed by atoms with van der Waals surface area (Å²) in [6.07, 6.45) is 1.29. The van der Waals surface area contributed by atoms with Gasteiger partial charge in [0.15, 0.2) is 0 Å². The largest absolute Gasteiger partial charge is 0.385 e. The third-order valence-corrected chi connectivity index (χ3v) is 4.84. The maximum Gasteiger partial charge on any atom is 0.318 e. The highest BCUT2D eigenvalue weighted by atomic mass is 16.3. The minimum Gasteiger partial charge on any atom is -0.385 e. The summed E-state index contributed by atoms with van der Waals surface area (Å²) < 4.78 is 0. The Labute approximate surface area is 148 Å². The van der Waals surface area contributed by atoms with Crippen LogP contribution in [0.3, 0.4) is 0 Å². The number of carbonyl (C=O) groups excluding carboxylic acids is 1. The Morgan fingerprint density at radius 2 is 1.72 bits per heavy atom. The van der Waals surface area contributed by atoms with Crippen LogP contribution in [0.4, 0.5) is 10.5 Å². The van der Waals surface area contributed by atoms with E-state index in [0.29, 0.717) is 18.5 Å². The first kappa shape index (κ1) is 17.5. The molecule has 25 heavy (non-hydrogen) atoms. The second-order valence-electron chi connectivity index (χ2n) is 6.54. The molecular weight excluding hydrogens is 314 g/mol. The number of carbonyl (C=O) groups is 1. The number of aliphatic hydroxyl groups is 1. The number of benzene rings is 2. The standard InChI is InChI=1S/C20H25N3O2/c1-21-19(24)22-18-10-6-5-9-17(18)20(25)11-13-23(14-12-20)15-16-7-3-2-4-8-16/h2-10,25H,11-15H2,1H3,(H2,21,22,24). The fraction of sp³-hybridized carbons (Fsp3) is 0.350. The Bertz CT molecular complexity index is 710. The second kappa shape index (κ2) is 7.68. The third-order valence-electron chi connectivity index (χ3n) is 4.84. The van der Waals surface area contributed by atoms with Gasteiger partial charge in [0.05, 0.1) is 5.60 Å². The summed E-state index contributed by atoms with van der Waals surface area (Å²) in [5.41, 5.74) is 1.83. The van der Waals surface area contributed by atoms with E-state index < -0.39 is 5.60 Å². The lowest BCUT2D eigenvalue weighted by Gasteiger charge is -2.39. The molecule has 2 aromatic carbocycles. The van der Waals surface area contributed by atoms with Crippen molar-refractivity contribution >= 4 is 11.7 Å². The van der Waals surface area contributed by atoms with Crippen molar-refractivity contribution in [2.75, 3.05) is 25.5 Å². The molecule has 1 fully saturated rings. The molecule has 1 heterocycles. The Morgan fingerprint density at radius 1 is 1.08 bits per heavy atom. The van der Waals surface area contributed by atoms with Crippen molar-refractivity contribution in [3.8, 4) is 0 Å². The van der Waals surface area contributed by atoms with Gasteiger partial charge in [-0.3, -0.25) is 4.90 Å². The predicted octanol–water partition coefficient (Wildman–Crippen LogP) is 2.92. The van der Waals surface area contributed by atoms with E-state index in [1.165, 1.54) is 5.56 Å². The molecule has 5 nitrogen and oxygen atoms in total. The molecule has 5 heteroatoms. The molecule has 2 amide bonds. The molecule has 0 bridgehead atoms. The molecule has 0 spiro atoms. The molecule has 2 aromatic rings. The lowest BCUT2D eigenvalue weighted by atomic mass is 9.83. The molecular formula is C20H25N3O2. The van der Waals surface area contributed by atoms with Gasteiger partial charge in [-0.25, -0.2) is 4.79 Å². The number of nitrogens with zero attached hydrogens (tertiary/aromatic N) is 1. The van der Waals surface area contributed by atoms with Crippen LogP contribution in [-0.2, 0) is 12.1 Å². The molecule has 0 aliphatic carbocycles. The number of hydrogen-bond acceptors (Lipinski definition) is 3. The smallest absolute Gasteiger partial charge is 0.318 e. The Balaban J connectivity index is 1.69. The molecule has 0 aromatic heterocycles. The minimum absolute atomic E-state index is 0.280. The Hall–Kier alpha value is -2.37. The molecule has 0 saturated carbocycles. The molecule has 1 saturated heterocycles. The zero-order valence-electron chi connectivity index (χ0n) is 14.5.